The highest BCUT2D eigenvalue weighted by molar-refractivity contribution is 5.54. The summed E-state index contributed by atoms with van der Waals surface area (Å²) in [5.74, 6) is -0.988. The molecule has 2 rings (SSSR count). The number of nitrogens with zero attached hydrogens (tertiary/aromatic N) is 2. The Bertz CT molecular complexity index is 534. The molecule has 0 aliphatic rings. The maximum Gasteiger partial charge on any atom is 0.231 e. The lowest BCUT2D eigenvalue weighted by Crippen LogP contribution is -2.22. The van der Waals surface area contributed by atoms with E-state index in [0.29, 0.717) is 5.89 Å². The maximum absolute atomic E-state index is 13.1. The average Bonchev–Trinajstić information content (AvgIpc) is 2.75. The van der Waals surface area contributed by atoms with Gasteiger partial charge in [0.1, 0.15) is 11.6 Å². The first kappa shape index (κ1) is 12.6. The SMILES string of the molecule is CC(N)C(C)c1nc(-c2cc(F)cc(F)c2)no1. The van der Waals surface area contributed by atoms with Crippen molar-refractivity contribution in [2.45, 2.75) is 25.8 Å². The molecule has 0 fully saturated rings. The molecule has 18 heavy (non-hydrogen) atoms. The van der Waals surface area contributed by atoms with Crippen LogP contribution in [0, 0.1) is 11.6 Å². The molecule has 4 nitrogen and oxygen atoms in total. The van der Waals surface area contributed by atoms with Crippen LogP contribution in [-0.4, -0.2) is 16.2 Å². The van der Waals surface area contributed by atoms with Crippen LogP contribution in [0.5, 0.6) is 0 Å². The standard InChI is InChI=1S/C12H13F2N3O/c1-6(7(2)15)12-16-11(17-18-12)8-3-9(13)5-10(14)4-8/h3-7H,15H2,1-2H3. The molecule has 2 atom stereocenters. The van der Waals surface area contributed by atoms with Gasteiger partial charge in [-0.3, -0.25) is 0 Å². The monoisotopic (exact) mass is 253 g/mol. The summed E-state index contributed by atoms with van der Waals surface area (Å²) in [6.07, 6.45) is 0. The minimum atomic E-state index is -0.684. The third kappa shape index (κ3) is 2.53. The number of halogens is 2. The summed E-state index contributed by atoms with van der Waals surface area (Å²) in [5.41, 5.74) is 5.95. The Hall–Kier alpha value is -1.82. The molecule has 0 spiro atoms. The van der Waals surface area contributed by atoms with E-state index in [9.17, 15) is 8.78 Å². The van der Waals surface area contributed by atoms with Gasteiger partial charge < -0.3 is 10.3 Å². The van der Waals surface area contributed by atoms with E-state index < -0.39 is 11.6 Å². The molecule has 0 bridgehead atoms. The first-order valence-corrected chi connectivity index (χ1v) is 5.53. The molecule has 1 aromatic carbocycles. The number of hydrogen-bond acceptors (Lipinski definition) is 4. The van der Waals surface area contributed by atoms with Gasteiger partial charge in [0.05, 0.1) is 5.92 Å². The molecule has 0 aliphatic carbocycles. The van der Waals surface area contributed by atoms with E-state index in [2.05, 4.69) is 10.1 Å². The van der Waals surface area contributed by atoms with Gasteiger partial charge in [0, 0.05) is 17.7 Å². The molecule has 0 saturated heterocycles. The summed E-state index contributed by atoms with van der Waals surface area (Å²) in [4.78, 5) is 4.09. The highest BCUT2D eigenvalue weighted by Gasteiger charge is 2.19. The second-order valence-electron chi connectivity index (χ2n) is 4.26. The molecule has 0 saturated carbocycles. The van der Waals surface area contributed by atoms with Gasteiger partial charge in [-0.25, -0.2) is 8.78 Å². The van der Waals surface area contributed by atoms with Crippen LogP contribution in [0.3, 0.4) is 0 Å². The van der Waals surface area contributed by atoms with E-state index >= 15 is 0 Å². The summed E-state index contributed by atoms with van der Waals surface area (Å²) in [5, 5.41) is 3.70. The maximum atomic E-state index is 13.1. The third-order valence-corrected chi connectivity index (χ3v) is 2.74. The van der Waals surface area contributed by atoms with Crippen LogP contribution >= 0.6 is 0 Å². The fourth-order valence-corrected chi connectivity index (χ4v) is 1.45. The second-order valence-corrected chi connectivity index (χ2v) is 4.26. The molecule has 1 heterocycles. The lowest BCUT2D eigenvalue weighted by atomic mass is 10.1. The first-order chi connectivity index (χ1) is 8.47. The van der Waals surface area contributed by atoms with E-state index in [1.807, 2.05) is 13.8 Å². The Kier molecular flexibility index (Phi) is 3.38. The van der Waals surface area contributed by atoms with Crippen LogP contribution in [0.1, 0.15) is 25.7 Å². The summed E-state index contributed by atoms with van der Waals surface area (Å²) in [6.45, 7) is 3.66. The topological polar surface area (TPSA) is 64.9 Å². The van der Waals surface area contributed by atoms with Gasteiger partial charge in [-0.15, -0.1) is 0 Å². The van der Waals surface area contributed by atoms with Crippen molar-refractivity contribution in [1.82, 2.24) is 10.1 Å². The predicted molar refractivity (Wildman–Crippen MR) is 61.7 cm³/mol. The Labute approximate surface area is 103 Å². The summed E-state index contributed by atoms with van der Waals surface area (Å²) in [6, 6.07) is 2.93. The van der Waals surface area contributed by atoms with Crippen molar-refractivity contribution in [2.75, 3.05) is 0 Å². The number of rotatable bonds is 3. The van der Waals surface area contributed by atoms with Gasteiger partial charge in [0.25, 0.3) is 0 Å². The van der Waals surface area contributed by atoms with Gasteiger partial charge >= 0.3 is 0 Å². The number of hydrogen-bond donors (Lipinski definition) is 1. The zero-order valence-electron chi connectivity index (χ0n) is 10.0. The van der Waals surface area contributed by atoms with Crippen molar-refractivity contribution < 1.29 is 13.3 Å². The van der Waals surface area contributed by atoms with Crippen LogP contribution in [0.2, 0.25) is 0 Å². The van der Waals surface area contributed by atoms with Crippen LogP contribution < -0.4 is 5.73 Å². The molecule has 1 aromatic heterocycles. The van der Waals surface area contributed by atoms with Crippen molar-refractivity contribution in [3.63, 3.8) is 0 Å². The van der Waals surface area contributed by atoms with Crippen LogP contribution in [0.15, 0.2) is 22.7 Å². The molecular weight excluding hydrogens is 240 g/mol. The Morgan fingerprint density at radius 3 is 2.33 bits per heavy atom. The van der Waals surface area contributed by atoms with Gasteiger partial charge in [0.15, 0.2) is 0 Å². The molecule has 6 heteroatoms. The average molecular weight is 253 g/mol. The zero-order chi connectivity index (χ0) is 13.3. The van der Waals surface area contributed by atoms with Gasteiger partial charge in [-0.2, -0.15) is 4.98 Å². The van der Waals surface area contributed by atoms with Crippen molar-refractivity contribution in [2.24, 2.45) is 5.73 Å². The third-order valence-electron chi connectivity index (χ3n) is 2.74. The number of aromatic nitrogens is 2. The van der Waals surface area contributed by atoms with Crippen molar-refractivity contribution in [1.29, 1.82) is 0 Å². The summed E-state index contributed by atoms with van der Waals surface area (Å²) < 4.78 is 31.2. The lowest BCUT2D eigenvalue weighted by Gasteiger charge is -2.09. The zero-order valence-corrected chi connectivity index (χ0v) is 10.0. The summed E-state index contributed by atoms with van der Waals surface area (Å²) >= 11 is 0. The lowest BCUT2D eigenvalue weighted by molar-refractivity contribution is 0.346. The van der Waals surface area contributed by atoms with Crippen LogP contribution in [0.25, 0.3) is 11.4 Å². The number of nitrogens with two attached hydrogens (primary N) is 1. The number of benzene rings is 1. The van der Waals surface area contributed by atoms with Crippen molar-refractivity contribution in [3.8, 4) is 11.4 Å². The highest BCUT2D eigenvalue weighted by atomic mass is 19.1. The van der Waals surface area contributed by atoms with Gasteiger partial charge in [-0.1, -0.05) is 12.1 Å². The first-order valence-electron chi connectivity index (χ1n) is 5.53. The molecule has 96 valence electrons. The van der Waals surface area contributed by atoms with Gasteiger partial charge in [-0.05, 0) is 19.1 Å². The molecule has 2 aromatic rings. The van der Waals surface area contributed by atoms with E-state index in [1.165, 1.54) is 0 Å². The van der Waals surface area contributed by atoms with E-state index in [1.54, 1.807) is 0 Å². The highest BCUT2D eigenvalue weighted by Crippen LogP contribution is 2.22. The fourth-order valence-electron chi connectivity index (χ4n) is 1.45. The smallest absolute Gasteiger partial charge is 0.231 e. The molecule has 2 N–H and O–H groups in total. The fraction of sp³-hybridized carbons (Fsp3) is 0.333. The predicted octanol–water partition coefficient (Wildman–Crippen LogP) is 2.47. The molecular formula is C12H13F2N3O. The minimum Gasteiger partial charge on any atom is -0.339 e. The largest absolute Gasteiger partial charge is 0.339 e. The van der Waals surface area contributed by atoms with E-state index in [4.69, 9.17) is 10.3 Å². The Balaban J connectivity index is 2.35. The van der Waals surface area contributed by atoms with E-state index in [-0.39, 0.29) is 23.3 Å². The van der Waals surface area contributed by atoms with Crippen molar-refractivity contribution >= 4 is 0 Å². The molecule has 2 unspecified atom stereocenters. The summed E-state index contributed by atoms with van der Waals surface area (Å²) in [7, 11) is 0. The van der Waals surface area contributed by atoms with Crippen LogP contribution in [-0.2, 0) is 0 Å². The Morgan fingerprint density at radius 1 is 1.17 bits per heavy atom. The molecule has 0 amide bonds. The van der Waals surface area contributed by atoms with E-state index in [0.717, 1.165) is 18.2 Å². The molecule has 0 aliphatic heterocycles. The van der Waals surface area contributed by atoms with Gasteiger partial charge in [0.2, 0.25) is 11.7 Å². The Morgan fingerprint density at radius 2 is 1.78 bits per heavy atom. The molecule has 0 radical (unpaired) electrons. The quantitative estimate of drug-likeness (QED) is 0.912. The van der Waals surface area contributed by atoms with Crippen LogP contribution in [0.4, 0.5) is 8.78 Å². The second kappa shape index (κ2) is 4.81. The van der Waals surface area contributed by atoms with Crippen molar-refractivity contribution in [3.05, 3.63) is 35.7 Å². The normalized spacial score (nSPS) is 14.5. The minimum absolute atomic E-state index is 0.121.